The molecule has 1 heterocycles. The van der Waals surface area contributed by atoms with E-state index in [-0.39, 0.29) is 25.1 Å². The van der Waals surface area contributed by atoms with E-state index in [4.69, 9.17) is 11.6 Å². The van der Waals surface area contributed by atoms with Crippen molar-refractivity contribution in [3.63, 3.8) is 0 Å². The highest BCUT2D eigenvalue weighted by molar-refractivity contribution is 6.31. The van der Waals surface area contributed by atoms with Gasteiger partial charge in [-0.15, -0.1) is 0 Å². The van der Waals surface area contributed by atoms with Crippen LogP contribution in [0.25, 0.3) is 0 Å². The van der Waals surface area contributed by atoms with Crippen LogP contribution in [0.2, 0.25) is 5.02 Å². The minimum atomic E-state index is 0.0599. The Labute approximate surface area is 130 Å². The molecule has 1 aromatic heterocycles. The minimum absolute atomic E-state index is 0.0599. The van der Waals surface area contributed by atoms with E-state index in [1.165, 1.54) is 0 Å². The number of hydrogen-bond donors (Lipinski definition) is 1. The van der Waals surface area contributed by atoms with Crippen molar-refractivity contribution in [3.05, 3.63) is 16.4 Å². The molecule has 1 fully saturated rings. The lowest BCUT2D eigenvalue weighted by atomic mass is 9.86. The van der Waals surface area contributed by atoms with Gasteiger partial charge in [0.1, 0.15) is 6.54 Å². The van der Waals surface area contributed by atoms with Crippen LogP contribution < -0.4 is 0 Å². The number of aliphatic hydroxyl groups excluding tert-OH is 1. The first-order valence-corrected chi connectivity index (χ1v) is 7.87. The lowest BCUT2D eigenvalue weighted by Gasteiger charge is -2.34. The molecule has 118 valence electrons. The van der Waals surface area contributed by atoms with Crippen LogP contribution in [-0.2, 0) is 11.3 Å². The van der Waals surface area contributed by atoms with Crippen molar-refractivity contribution in [2.24, 2.45) is 5.92 Å². The molecule has 0 saturated heterocycles. The third-order valence-corrected chi connectivity index (χ3v) is 5.14. The maximum Gasteiger partial charge on any atom is 0.244 e. The molecule has 2 rings (SSSR count). The van der Waals surface area contributed by atoms with Crippen molar-refractivity contribution in [3.8, 4) is 0 Å². The maximum atomic E-state index is 12.4. The minimum Gasteiger partial charge on any atom is -0.396 e. The van der Waals surface area contributed by atoms with Gasteiger partial charge in [-0.25, -0.2) is 0 Å². The van der Waals surface area contributed by atoms with E-state index in [2.05, 4.69) is 5.10 Å². The molecule has 5 nitrogen and oxygen atoms in total. The Balaban J connectivity index is 1.95. The van der Waals surface area contributed by atoms with Gasteiger partial charge < -0.3 is 10.0 Å². The van der Waals surface area contributed by atoms with Crippen LogP contribution in [0.15, 0.2) is 0 Å². The summed E-state index contributed by atoms with van der Waals surface area (Å²) in [6, 6.07) is 0.271. The van der Waals surface area contributed by atoms with E-state index in [1.807, 2.05) is 25.8 Å². The van der Waals surface area contributed by atoms with Crippen LogP contribution in [0.4, 0.5) is 0 Å². The highest BCUT2D eigenvalue weighted by Crippen LogP contribution is 2.27. The molecule has 6 heteroatoms. The molecule has 0 radical (unpaired) electrons. The van der Waals surface area contributed by atoms with Gasteiger partial charge in [0.15, 0.2) is 0 Å². The van der Waals surface area contributed by atoms with Gasteiger partial charge in [0.2, 0.25) is 5.91 Å². The largest absolute Gasteiger partial charge is 0.396 e. The monoisotopic (exact) mass is 313 g/mol. The number of aryl methyl sites for hydroxylation is 1. The molecule has 0 unspecified atom stereocenters. The summed E-state index contributed by atoms with van der Waals surface area (Å²) < 4.78 is 1.68. The Morgan fingerprint density at radius 1 is 1.38 bits per heavy atom. The number of hydrogen-bond acceptors (Lipinski definition) is 3. The Bertz CT molecular complexity index is 507. The zero-order chi connectivity index (χ0) is 15.6. The molecule has 0 aromatic carbocycles. The smallest absolute Gasteiger partial charge is 0.244 e. The second kappa shape index (κ2) is 6.79. The summed E-state index contributed by atoms with van der Waals surface area (Å²) in [5, 5.41) is 14.1. The summed E-state index contributed by atoms with van der Waals surface area (Å²) in [7, 11) is 1.86. The number of carbonyl (C=O) groups is 1. The molecule has 21 heavy (non-hydrogen) atoms. The van der Waals surface area contributed by atoms with Crippen molar-refractivity contribution < 1.29 is 9.90 Å². The molecular formula is C15H24ClN3O2. The molecule has 1 aliphatic rings. The number of aromatic nitrogens is 2. The predicted octanol–water partition coefficient (Wildman–Crippen LogP) is 2.16. The Morgan fingerprint density at radius 3 is 2.48 bits per heavy atom. The number of carbonyl (C=O) groups excluding carboxylic acids is 1. The number of aliphatic hydroxyl groups is 1. The Kier molecular flexibility index (Phi) is 5.27. The zero-order valence-corrected chi connectivity index (χ0v) is 13.7. The average Bonchev–Trinajstić information content (AvgIpc) is 2.74. The molecule has 0 atom stereocenters. The predicted molar refractivity (Wildman–Crippen MR) is 82.3 cm³/mol. The van der Waals surface area contributed by atoms with E-state index in [1.54, 1.807) is 4.68 Å². The zero-order valence-electron chi connectivity index (χ0n) is 13.0. The van der Waals surface area contributed by atoms with Crippen molar-refractivity contribution in [2.75, 3.05) is 13.7 Å². The van der Waals surface area contributed by atoms with E-state index in [0.717, 1.165) is 37.1 Å². The van der Waals surface area contributed by atoms with Gasteiger partial charge in [-0.05, 0) is 45.4 Å². The number of likely N-dealkylation sites (N-methyl/N-ethyl adjacent to an activating group) is 1. The SMILES string of the molecule is Cc1nn(CC(=O)N(C)C2CCC(CO)CC2)c(C)c1Cl. The van der Waals surface area contributed by atoms with E-state index in [9.17, 15) is 9.90 Å². The first kappa shape index (κ1) is 16.3. The van der Waals surface area contributed by atoms with Gasteiger partial charge >= 0.3 is 0 Å². The van der Waals surface area contributed by atoms with Crippen LogP contribution in [-0.4, -0.2) is 45.4 Å². The molecule has 1 saturated carbocycles. The molecule has 1 amide bonds. The van der Waals surface area contributed by atoms with Crippen LogP contribution in [0.1, 0.15) is 37.1 Å². The maximum absolute atomic E-state index is 12.4. The lowest BCUT2D eigenvalue weighted by molar-refractivity contribution is -0.133. The summed E-state index contributed by atoms with van der Waals surface area (Å²) in [5.41, 5.74) is 1.59. The summed E-state index contributed by atoms with van der Waals surface area (Å²) in [6.07, 6.45) is 3.91. The third kappa shape index (κ3) is 3.58. The quantitative estimate of drug-likeness (QED) is 0.926. The molecule has 1 N–H and O–H groups in total. The number of nitrogens with zero attached hydrogens (tertiary/aromatic N) is 3. The van der Waals surface area contributed by atoms with Crippen molar-refractivity contribution >= 4 is 17.5 Å². The summed E-state index contributed by atoms with van der Waals surface area (Å²) in [5.74, 6) is 0.462. The van der Waals surface area contributed by atoms with Crippen molar-refractivity contribution in [1.29, 1.82) is 0 Å². The van der Waals surface area contributed by atoms with E-state index < -0.39 is 0 Å². The molecular weight excluding hydrogens is 290 g/mol. The number of halogens is 1. The van der Waals surface area contributed by atoms with Gasteiger partial charge in [-0.3, -0.25) is 9.48 Å². The first-order chi connectivity index (χ1) is 9.93. The molecule has 0 bridgehead atoms. The fraction of sp³-hybridized carbons (Fsp3) is 0.733. The lowest BCUT2D eigenvalue weighted by Crippen LogP contribution is -2.41. The number of amides is 1. The second-order valence-corrected chi connectivity index (χ2v) is 6.38. The molecule has 0 aliphatic heterocycles. The van der Waals surface area contributed by atoms with Gasteiger partial charge in [-0.1, -0.05) is 11.6 Å². The molecule has 1 aromatic rings. The summed E-state index contributed by atoms with van der Waals surface area (Å²) >= 11 is 6.11. The Hall–Kier alpha value is -1.07. The fourth-order valence-corrected chi connectivity index (χ4v) is 3.12. The first-order valence-electron chi connectivity index (χ1n) is 7.50. The third-order valence-electron chi connectivity index (χ3n) is 4.59. The van der Waals surface area contributed by atoms with Crippen LogP contribution in [0.3, 0.4) is 0 Å². The van der Waals surface area contributed by atoms with Gasteiger partial charge in [0, 0.05) is 19.7 Å². The normalized spacial score (nSPS) is 22.3. The summed E-state index contributed by atoms with van der Waals surface area (Å²) in [6.45, 7) is 4.21. The highest BCUT2D eigenvalue weighted by Gasteiger charge is 2.26. The summed E-state index contributed by atoms with van der Waals surface area (Å²) in [4.78, 5) is 14.2. The second-order valence-electron chi connectivity index (χ2n) is 6.00. The number of rotatable bonds is 4. The Morgan fingerprint density at radius 2 is 2.00 bits per heavy atom. The van der Waals surface area contributed by atoms with Crippen LogP contribution in [0.5, 0.6) is 0 Å². The van der Waals surface area contributed by atoms with Gasteiger partial charge in [0.05, 0.1) is 16.4 Å². The van der Waals surface area contributed by atoms with E-state index >= 15 is 0 Å². The standard InChI is InChI=1S/C15H24ClN3O2/c1-10-15(16)11(2)19(17-10)8-14(21)18(3)13-6-4-12(9-20)5-7-13/h12-13,20H,4-9H2,1-3H3. The van der Waals surface area contributed by atoms with Crippen molar-refractivity contribution in [2.45, 2.75) is 52.1 Å². The molecule has 0 spiro atoms. The fourth-order valence-electron chi connectivity index (χ4n) is 2.99. The van der Waals surface area contributed by atoms with Crippen molar-refractivity contribution in [1.82, 2.24) is 14.7 Å². The van der Waals surface area contributed by atoms with Gasteiger partial charge in [-0.2, -0.15) is 5.10 Å². The highest BCUT2D eigenvalue weighted by atomic mass is 35.5. The van der Waals surface area contributed by atoms with E-state index in [0.29, 0.717) is 10.9 Å². The van der Waals surface area contributed by atoms with Gasteiger partial charge in [0.25, 0.3) is 0 Å². The van der Waals surface area contributed by atoms with Crippen LogP contribution in [0, 0.1) is 19.8 Å². The van der Waals surface area contributed by atoms with Crippen LogP contribution >= 0.6 is 11.6 Å². The average molecular weight is 314 g/mol. The molecule has 1 aliphatic carbocycles. The topological polar surface area (TPSA) is 58.4 Å².